The van der Waals surface area contributed by atoms with Crippen LogP contribution in [0.5, 0.6) is 0 Å². The molecule has 1 aliphatic heterocycles. The zero-order valence-electron chi connectivity index (χ0n) is 11.1. The highest BCUT2D eigenvalue weighted by molar-refractivity contribution is 7.12. The van der Waals surface area contributed by atoms with Gasteiger partial charge in [-0.1, -0.05) is 0 Å². The van der Waals surface area contributed by atoms with E-state index in [2.05, 4.69) is 9.97 Å². The molecule has 0 spiro atoms. The number of hydrogen-bond acceptors (Lipinski definition) is 3. The summed E-state index contributed by atoms with van der Waals surface area (Å²) in [7, 11) is 0. The molecule has 2 aromatic heterocycles. The number of aromatic amines is 1. The van der Waals surface area contributed by atoms with Crippen LogP contribution in [-0.4, -0.2) is 33.9 Å². The van der Waals surface area contributed by atoms with E-state index >= 15 is 0 Å². The Bertz CT molecular complexity index is 601. The summed E-state index contributed by atoms with van der Waals surface area (Å²) in [6.07, 6.45) is 2.84. The average molecular weight is 275 g/mol. The fourth-order valence-corrected chi connectivity index (χ4v) is 3.37. The lowest BCUT2D eigenvalue weighted by molar-refractivity contribution is 0.0795. The molecule has 5 heteroatoms. The van der Waals surface area contributed by atoms with Gasteiger partial charge in [0.25, 0.3) is 5.91 Å². The molecule has 0 bridgehead atoms. The largest absolute Gasteiger partial charge is 0.346 e. The smallest absolute Gasteiger partial charge is 0.263 e. The molecule has 1 atom stereocenters. The zero-order chi connectivity index (χ0) is 13.4. The third-order valence-corrected chi connectivity index (χ3v) is 4.56. The first-order chi connectivity index (χ1) is 9.13. The number of aromatic nitrogens is 2. The Morgan fingerprint density at radius 1 is 1.53 bits per heavy atom. The molecule has 0 saturated carbocycles. The summed E-state index contributed by atoms with van der Waals surface area (Å²) in [5.74, 6) is 1.51. The van der Waals surface area contributed by atoms with Crippen molar-refractivity contribution in [1.29, 1.82) is 0 Å². The lowest BCUT2D eigenvalue weighted by Crippen LogP contribution is -2.27. The minimum Gasteiger partial charge on any atom is -0.346 e. The highest BCUT2D eigenvalue weighted by Gasteiger charge is 2.29. The molecule has 4 nitrogen and oxygen atoms in total. The average Bonchev–Trinajstić information content (AvgIpc) is 3.07. The van der Waals surface area contributed by atoms with Gasteiger partial charge in [-0.2, -0.15) is 0 Å². The van der Waals surface area contributed by atoms with Gasteiger partial charge < -0.3 is 9.88 Å². The van der Waals surface area contributed by atoms with E-state index in [-0.39, 0.29) is 5.91 Å². The number of likely N-dealkylation sites (tertiary alicyclic amines) is 1. The summed E-state index contributed by atoms with van der Waals surface area (Å²) >= 11 is 1.53. The first-order valence-electron chi connectivity index (χ1n) is 6.49. The molecular weight excluding hydrogens is 258 g/mol. The first-order valence-corrected chi connectivity index (χ1v) is 7.37. The minimum absolute atomic E-state index is 0.156. The molecule has 100 valence electrons. The molecule has 1 saturated heterocycles. The van der Waals surface area contributed by atoms with Crippen LogP contribution in [0.1, 0.15) is 39.1 Å². The summed E-state index contributed by atoms with van der Waals surface area (Å²) in [5.41, 5.74) is 2.24. The van der Waals surface area contributed by atoms with Crippen molar-refractivity contribution in [3.05, 3.63) is 39.6 Å². The van der Waals surface area contributed by atoms with Gasteiger partial charge in [0, 0.05) is 30.9 Å². The van der Waals surface area contributed by atoms with Crippen LogP contribution in [0.4, 0.5) is 0 Å². The second kappa shape index (κ2) is 4.81. The lowest BCUT2D eigenvalue weighted by Gasteiger charge is -2.14. The molecule has 0 aliphatic carbocycles. The number of hydrogen-bond donors (Lipinski definition) is 1. The zero-order valence-corrected chi connectivity index (χ0v) is 12.0. The molecule has 19 heavy (non-hydrogen) atoms. The van der Waals surface area contributed by atoms with Gasteiger partial charge in [-0.25, -0.2) is 4.98 Å². The molecule has 2 aromatic rings. The summed E-state index contributed by atoms with van der Waals surface area (Å²) < 4.78 is 0. The van der Waals surface area contributed by atoms with Crippen molar-refractivity contribution in [2.75, 3.05) is 13.1 Å². The second-order valence-electron chi connectivity index (χ2n) is 5.18. The van der Waals surface area contributed by atoms with Crippen molar-refractivity contribution in [2.45, 2.75) is 26.2 Å². The van der Waals surface area contributed by atoms with Crippen molar-refractivity contribution >= 4 is 17.2 Å². The number of H-pyrrole nitrogens is 1. The molecule has 0 aromatic carbocycles. The number of amides is 1. The maximum Gasteiger partial charge on any atom is 0.263 e. The van der Waals surface area contributed by atoms with Gasteiger partial charge in [-0.05, 0) is 37.3 Å². The molecule has 1 aliphatic rings. The summed E-state index contributed by atoms with van der Waals surface area (Å²) in [6.45, 7) is 5.61. The van der Waals surface area contributed by atoms with Crippen LogP contribution >= 0.6 is 11.3 Å². The lowest BCUT2D eigenvalue weighted by atomic mass is 10.1. The van der Waals surface area contributed by atoms with E-state index in [1.807, 2.05) is 36.4 Å². The summed E-state index contributed by atoms with van der Waals surface area (Å²) in [6, 6.07) is 1.97. The first kappa shape index (κ1) is 12.4. The Hall–Kier alpha value is -1.62. The maximum atomic E-state index is 12.3. The Morgan fingerprint density at radius 3 is 3.00 bits per heavy atom. The van der Waals surface area contributed by atoms with Crippen molar-refractivity contribution in [3.63, 3.8) is 0 Å². The van der Waals surface area contributed by atoms with Crippen LogP contribution in [0, 0.1) is 13.8 Å². The molecule has 1 fully saturated rings. The van der Waals surface area contributed by atoms with Gasteiger partial charge in [-0.3, -0.25) is 4.79 Å². The molecule has 1 amide bonds. The third-order valence-electron chi connectivity index (χ3n) is 3.53. The number of rotatable bonds is 2. The second-order valence-corrected chi connectivity index (χ2v) is 6.09. The summed E-state index contributed by atoms with van der Waals surface area (Å²) in [4.78, 5) is 22.8. The van der Waals surface area contributed by atoms with E-state index in [9.17, 15) is 4.79 Å². The number of thiophene rings is 1. The highest BCUT2D eigenvalue weighted by atomic mass is 32.1. The number of nitrogens with zero attached hydrogens (tertiary/aromatic N) is 2. The van der Waals surface area contributed by atoms with Crippen LogP contribution in [-0.2, 0) is 0 Å². The quantitative estimate of drug-likeness (QED) is 0.916. The van der Waals surface area contributed by atoms with Crippen molar-refractivity contribution in [2.24, 2.45) is 0 Å². The van der Waals surface area contributed by atoms with E-state index in [0.29, 0.717) is 5.92 Å². The Balaban J connectivity index is 1.70. The number of imidazole rings is 1. The third kappa shape index (κ3) is 2.42. The molecule has 0 radical (unpaired) electrons. The van der Waals surface area contributed by atoms with Crippen LogP contribution < -0.4 is 0 Å². The Morgan fingerprint density at radius 2 is 2.37 bits per heavy atom. The monoisotopic (exact) mass is 275 g/mol. The van der Waals surface area contributed by atoms with Crippen LogP contribution in [0.2, 0.25) is 0 Å². The number of aryl methyl sites for hydroxylation is 2. The van der Waals surface area contributed by atoms with Crippen LogP contribution in [0.15, 0.2) is 17.6 Å². The standard InChI is InChI=1S/C14H17N3OS/c1-9-5-12(19-8-9)14(18)17-4-3-11(7-17)13-15-6-10(2)16-13/h5-6,8,11H,3-4,7H2,1-2H3,(H,15,16). The van der Waals surface area contributed by atoms with E-state index in [1.165, 1.54) is 11.3 Å². The topological polar surface area (TPSA) is 49.0 Å². The predicted molar refractivity (Wildman–Crippen MR) is 75.6 cm³/mol. The maximum absolute atomic E-state index is 12.3. The van der Waals surface area contributed by atoms with Crippen molar-refractivity contribution in [3.8, 4) is 0 Å². The van der Waals surface area contributed by atoms with Gasteiger partial charge in [0.1, 0.15) is 5.82 Å². The fraction of sp³-hybridized carbons (Fsp3) is 0.429. The number of carbonyl (C=O) groups is 1. The van der Waals surface area contributed by atoms with Gasteiger partial charge in [0.15, 0.2) is 0 Å². The van der Waals surface area contributed by atoms with Gasteiger partial charge >= 0.3 is 0 Å². The van der Waals surface area contributed by atoms with Crippen molar-refractivity contribution in [1.82, 2.24) is 14.9 Å². The van der Waals surface area contributed by atoms with E-state index < -0.39 is 0 Å². The normalized spacial score (nSPS) is 19.1. The number of carbonyl (C=O) groups excluding carboxylic acids is 1. The molecule has 1 unspecified atom stereocenters. The highest BCUT2D eigenvalue weighted by Crippen LogP contribution is 2.27. The van der Waals surface area contributed by atoms with E-state index in [1.54, 1.807) is 0 Å². The Labute approximate surface area is 116 Å². The molecule has 3 rings (SSSR count). The Kier molecular flexibility index (Phi) is 3.14. The minimum atomic E-state index is 0.156. The van der Waals surface area contributed by atoms with Crippen molar-refractivity contribution < 1.29 is 4.79 Å². The molecule has 1 N–H and O–H groups in total. The van der Waals surface area contributed by atoms with Gasteiger partial charge in [0.2, 0.25) is 0 Å². The van der Waals surface area contributed by atoms with Crippen LogP contribution in [0.3, 0.4) is 0 Å². The SMILES string of the molecule is Cc1csc(C(=O)N2CCC(c3ncc(C)[nH]3)C2)c1. The van der Waals surface area contributed by atoms with Crippen LogP contribution in [0.25, 0.3) is 0 Å². The van der Waals surface area contributed by atoms with E-state index in [4.69, 9.17) is 0 Å². The van der Waals surface area contributed by atoms with E-state index in [0.717, 1.165) is 41.5 Å². The predicted octanol–water partition coefficient (Wildman–Crippen LogP) is 2.72. The van der Waals surface area contributed by atoms with Gasteiger partial charge in [-0.15, -0.1) is 11.3 Å². The summed E-state index contributed by atoms with van der Waals surface area (Å²) in [5, 5.41) is 2.02. The fourth-order valence-electron chi connectivity index (χ4n) is 2.51. The number of nitrogens with one attached hydrogen (secondary N) is 1. The van der Waals surface area contributed by atoms with Gasteiger partial charge in [0.05, 0.1) is 4.88 Å². The molecular formula is C14H17N3OS. The molecule has 3 heterocycles.